The fourth-order valence-electron chi connectivity index (χ4n) is 3.14. The average Bonchev–Trinajstić information content (AvgIpc) is 2.82. The number of carbonyl (C=O) groups is 1. The summed E-state index contributed by atoms with van der Waals surface area (Å²) in [5, 5.41) is 2.78. The monoisotopic (exact) mass is 454 g/mol. The molecule has 3 aromatic carbocycles. The van der Waals surface area contributed by atoms with Gasteiger partial charge in [0.2, 0.25) is 5.91 Å². The predicted octanol–water partition coefficient (Wildman–Crippen LogP) is 3.52. The van der Waals surface area contributed by atoms with E-state index in [2.05, 4.69) is 5.32 Å². The van der Waals surface area contributed by atoms with E-state index in [9.17, 15) is 13.2 Å². The zero-order valence-corrected chi connectivity index (χ0v) is 19.1. The largest absolute Gasteiger partial charge is 0.497 e. The van der Waals surface area contributed by atoms with E-state index in [4.69, 9.17) is 9.47 Å². The summed E-state index contributed by atoms with van der Waals surface area (Å²) in [6.45, 7) is 1.69. The van der Waals surface area contributed by atoms with Gasteiger partial charge in [-0.1, -0.05) is 36.4 Å². The molecule has 0 aliphatic heterocycles. The minimum absolute atomic E-state index is 0.00630. The number of ether oxygens (including phenoxy) is 2. The number of rotatable bonds is 9. The fraction of sp³-hybridized carbons (Fsp3) is 0.208. The standard InChI is InChI=1S/C24H26N2O5S/c1-18-9-14-22(31-3)23(15-18)32(28,29)26(20-7-5-4-6-8-20)17-24(27)25-16-19-10-12-21(30-2)13-11-19/h4-15H,16-17H2,1-3H3,(H,25,27). The molecule has 0 bridgehead atoms. The third kappa shape index (κ3) is 5.39. The van der Waals surface area contributed by atoms with E-state index in [1.807, 2.05) is 12.1 Å². The van der Waals surface area contributed by atoms with Crippen molar-refractivity contribution in [2.24, 2.45) is 0 Å². The molecule has 0 aliphatic rings. The number of nitrogens with zero attached hydrogens (tertiary/aromatic N) is 1. The maximum Gasteiger partial charge on any atom is 0.268 e. The van der Waals surface area contributed by atoms with Crippen molar-refractivity contribution in [3.63, 3.8) is 0 Å². The van der Waals surface area contributed by atoms with Gasteiger partial charge in [-0.15, -0.1) is 0 Å². The average molecular weight is 455 g/mol. The fourth-order valence-corrected chi connectivity index (χ4v) is 4.81. The van der Waals surface area contributed by atoms with Gasteiger partial charge in [0, 0.05) is 6.54 Å². The molecule has 0 saturated carbocycles. The van der Waals surface area contributed by atoms with Crippen molar-refractivity contribution in [2.75, 3.05) is 25.1 Å². The van der Waals surface area contributed by atoms with Crippen molar-refractivity contribution in [3.05, 3.63) is 83.9 Å². The molecule has 0 heterocycles. The van der Waals surface area contributed by atoms with Crippen LogP contribution in [0.2, 0.25) is 0 Å². The lowest BCUT2D eigenvalue weighted by Gasteiger charge is -2.25. The van der Waals surface area contributed by atoms with Crippen molar-refractivity contribution in [1.82, 2.24) is 5.32 Å². The van der Waals surface area contributed by atoms with Crippen LogP contribution < -0.4 is 19.1 Å². The van der Waals surface area contributed by atoms with E-state index in [0.717, 1.165) is 15.4 Å². The molecule has 168 valence electrons. The molecular weight excluding hydrogens is 428 g/mol. The summed E-state index contributed by atoms with van der Waals surface area (Å²) in [4.78, 5) is 12.8. The van der Waals surface area contributed by atoms with Gasteiger partial charge in [-0.3, -0.25) is 9.10 Å². The Balaban J connectivity index is 1.86. The summed E-state index contributed by atoms with van der Waals surface area (Å²) in [7, 11) is -1.08. The van der Waals surface area contributed by atoms with Gasteiger partial charge in [-0.05, 0) is 54.4 Å². The van der Waals surface area contributed by atoms with E-state index < -0.39 is 15.9 Å². The topological polar surface area (TPSA) is 84.9 Å². The molecule has 8 heteroatoms. The highest BCUT2D eigenvalue weighted by Gasteiger charge is 2.30. The second kappa shape index (κ2) is 10.2. The molecule has 7 nitrogen and oxygen atoms in total. The molecule has 0 aromatic heterocycles. The first kappa shape index (κ1) is 23.1. The highest BCUT2D eigenvalue weighted by atomic mass is 32.2. The molecule has 1 N–H and O–H groups in total. The lowest BCUT2D eigenvalue weighted by molar-refractivity contribution is -0.119. The van der Waals surface area contributed by atoms with Gasteiger partial charge < -0.3 is 14.8 Å². The SMILES string of the molecule is COc1ccc(CNC(=O)CN(c2ccccc2)S(=O)(=O)c2cc(C)ccc2OC)cc1. The van der Waals surface area contributed by atoms with Gasteiger partial charge in [0.15, 0.2) is 0 Å². The molecular formula is C24H26N2O5S. The van der Waals surface area contributed by atoms with Crippen LogP contribution >= 0.6 is 0 Å². The minimum Gasteiger partial charge on any atom is -0.497 e. The number of carbonyl (C=O) groups excluding carboxylic acids is 1. The normalized spacial score (nSPS) is 11.0. The molecule has 0 fully saturated rings. The Hall–Kier alpha value is -3.52. The number of amides is 1. The first-order valence-electron chi connectivity index (χ1n) is 9.97. The van der Waals surface area contributed by atoms with Gasteiger partial charge >= 0.3 is 0 Å². The van der Waals surface area contributed by atoms with Gasteiger partial charge in [0.25, 0.3) is 10.0 Å². The lowest BCUT2D eigenvalue weighted by Crippen LogP contribution is -2.40. The van der Waals surface area contributed by atoms with Crippen LogP contribution in [-0.4, -0.2) is 35.1 Å². The molecule has 0 radical (unpaired) electrons. The van der Waals surface area contributed by atoms with Gasteiger partial charge in [-0.2, -0.15) is 0 Å². The Morgan fingerprint density at radius 3 is 2.25 bits per heavy atom. The molecule has 32 heavy (non-hydrogen) atoms. The van der Waals surface area contributed by atoms with Crippen LogP contribution in [0.5, 0.6) is 11.5 Å². The molecule has 0 saturated heterocycles. The number of hydrogen-bond acceptors (Lipinski definition) is 5. The Morgan fingerprint density at radius 2 is 1.62 bits per heavy atom. The third-order valence-corrected chi connectivity index (χ3v) is 6.66. The zero-order valence-electron chi connectivity index (χ0n) is 18.2. The quantitative estimate of drug-likeness (QED) is 0.535. The summed E-state index contributed by atoms with van der Waals surface area (Å²) in [6.07, 6.45) is 0. The first-order chi connectivity index (χ1) is 15.3. The van der Waals surface area contributed by atoms with E-state index in [1.54, 1.807) is 74.7 Å². The van der Waals surface area contributed by atoms with Crippen molar-refractivity contribution < 1.29 is 22.7 Å². The smallest absolute Gasteiger partial charge is 0.268 e. The summed E-state index contributed by atoms with van der Waals surface area (Å²) in [6, 6.07) is 20.7. The zero-order chi connectivity index (χ0) is 23.1. The number of para-hydroxylation sites is 1. The number of sulfonamides is 1. The Kier molecular flexibility index (Phi) is 7.37. The van der Waals surface area contributed by atoms with Crippen molar-refractivity contribution in [1.29, 1.82) is 0 Å². The van der Waals surface area contributed by atoms with Crippen LogP contribution in [0.25, 0.3) is 0 Å². The van der Waals surface area contributed by atoms with E-state index in [-0.39, 0.29) is 23.7 Å². The number of hydrogen-bond donors (Lipinski definition) is 1. The molecule has 3 aromatic rings. The number of nitrogens with one attached hydrogen (secondary N) is 1. The molecule has 3 rings (SSSR count). The minimum atomic E-state index is -4.08. The highest BCUT2D eigenvalue weighted by molar-refractivity contribution is 7.93. The van der Waals surface area contributed by atoms with Crippen molar-refractivity contribution in [3.8, 4) is 11.5 Å². The van der Waals surface area contributed by atoms with Crippen LogP contribution in [-0.2, 0) is 21.4 Å². The second-order valence-corrected chi connectivity index (χ2v) is 8.96. The summed E-state index contributed by atoms with van der Waals surface area (Å²) >= 11 is 0. The van der Waals surface area contributed by atoms with Crippen LogP contribution in [0.1, 0.15) is 11.1 Å². The van der Waals surface area contributed by atoms with Gasteiger partial charge in [-0.25, -0.2) is 8.42 Å². The molecule has 0 atom stereocenters. The van der Waals surface area contributed by atoms with Crippen LogP contribution in [0.3, 0.4) is 0 Å². The lowest BCUT2D eigenvalue weighted by atomic mass is 10.2. The van der Waals surface area contributed by atoms with E-state index in [0.29, 0.717) is 11.4 Å². The van der Waals surface area contributed by atoms with Crippen molar-refractivity contribution >= 4 is 21.6 Å². The van der Waals surface area contributed by atoms with Crippen LogP contribution in [0.4, 0.5) is 5.69 Å². The van der Waals surface area contributed by atoms with Gasteiger partial charge in [0.1, 0.15) is 22.9 Å². The number of aryl methyl sites for hydroxylation is 1. The molecule has 1 amide bonds. The van der Waals surface area contributed by atoms with E-state index >= 15 is 0 Å². The number of benzene rings is 3. The maximum absolute atomic E-state index is 13.6. The van der Waals surface area contributed by atoms with E-state index in [1.165, 1.54) is 7.11 Å². The Labute approximate surface area is 188 Å². The molecule has 0 spiro atoms. The predicted molar refractivity (Wildman–Crippen MR) is 124 cm³/mol. The summed E-state index contributed by atoms with van der Waals surface area (Å²) in [5.41, 5.74) is 2.02. The number of anilines is 1. The Bertz CT molecular complexity index is 1160. The molecule has 0 aliphatic carbocycles. The van der Waals surface area contributed by atoms with Crippen molar-refractivity contribution in [2.45, 2.75) is 18.4 Å². The van der Waals surface area contributed by atoms with Crippen LogP contribution in [0, 0.1) is 6.92 Å². The summed E-state index contributed by atoms with van der Waals surface area (Å²) in [5.74, 6) is 0.503. The van der Waals surface area contributed by atoms with Crippen LogP contribution in [0.15, 0.2) is 77.7 Å². The van der Waals surface area contributed by atoms with Gasteiger partial charge in [0.05, 0.1) is 19.9 Å². The molecule has 0 unspecified atom stereocenters. The number of methoxy groups -OCH3 is 2. The Morgan fingerprint density at radius 1 is 0.938 bits per heavy atom. The second-order valence-electron chi connectivity index (χ2n) is 7.13. The first-order valence-corrected chi connectivity index (χ1v) is 11.4. The maximum atomic E-state index is 13.6. The highest BCUT2D eigenvalue weighted by Crippen LogP contribution is 2.30. The third-order valence-electron chi connectivity index (χ3n) is 4.87. The summed E-state index contributed by atoms with van der Waals surface area (Å²) < 4.78 is 38.7.